The average Bonchev–Trinajstić information content (AvgIpc) is 1.93. The van der Waals surface area contributed by atoms with Gasteiger partial charge in [-0.25, -0.2) is 0 Å². The topological polar surface area (TPSA) is 26.0 Å². The van der Waals surface area contributed by atoms with Crippen LogP contribution in [0, 0.1) is 0 Å². The first kappa shape index (κ1) is 11.7. The molecule has 0 aromatic rings. The normalized spacial score (nSPS) is 11.7. The second-order valence-corrected chi connectivity index (χ2v) is 1.96. The lowest BCUT2D eigenvalue weighted by atomic mass is 10.1. The second kappa shape index (κ2) is 10.9. The summed E-state index contributed by atoms with van der Waals surface area (Å²) in [5.41, 5.74) is 5.58. The minimum Gasteiger partial charge on any atom is -0.328 e. The van der Waals surface area contributed by atoms with Gasteiger partial charge in [0.25, 0.3) is 0 Å². The molecule has 1 nitrogen and oxygen atoms in total. The van der Waals surface area contributed by atoms with Gasteiger partial charge in [0.1, 0.15) is 0 Å². The molecule has 0 spiro atoms. The van der Waals surface area contributed by atoms with Crippen molar-refractivity contribution in [2.45, 2.75) is 53.0 Å². The lowest BCUT2D eigenvalue weighted by Gasteiger charge is -2.03. The third kappa shape index (κ3) is 11.5. The first-order chi connectivity index (χ1) is 4.31. The van der Waals surface area contributed by atoms with E-state index in [1.54, 1.807) is 0 Å². The molecule has 2 N–H and O–H groups in total. The largest absolute Gasteiger partial charge is 0.328 e. The Bertz CT molecular complexity index is 40.2. The minimum atomic E-state index is 0. The van der Waals surface area contributed by atoms with Gasteiger partial charge in [-0.05, 0) is 12.8 Å². The molecule has 0 aliphatic carbocycles. The van der Waals surface area contributed by atoms with Crippen LogP contribution in [-0.4, -0.2) is 6.04 Å². The maximum atomic E-state index is 5.58. The summed E-state index contributed by atoms with van der Waals surface area (Å²) >= 11 is 0. The second-order valence-electron chi connectivity index (χ2n) is 1.96. The molecule has 0 aromatic heterocycles. The van der Waals surface area contributed by atoms with Gasteiger partial charge in [-0.15, -0.1) is 0 Å². The van der Waals surface area contributed by atoms with Crippen LogP contribution in [0.3, 0.4) is 0 Å². The lowest BCUT2D eigenvalue weighted by Crippen LogP contribution is -2.17. The van der Waals surface area contributed by atoms with E-state index in [2.05, 4.69) is 13.8 Å². The molecule has 0 aliphatic heterocycles. The van der Waals surface area contributed by atoms with Crippen LogP contribution in [-0.2, 0) is 0 Å². The molecule has 0 fully saturated rings. The zero-order chi connectivity index (χ0) is 7.70. The molecular formula is C8H23N. The van der Waals surface area contributed by atoms with Crippen LogP contribution in [0.15, 0.2) is 0 Å². The molecule has 0 bridgehead atoms. The first-order valence-electron chi connectivity index (χ1n) is 4.06. The Labute approximate surface area is 61.1 Å². The maximum absolute atomic E-state index is 5.58. The van der Waals surface area contributed by atoms with Gasteiger partial charge in [0.15, 0.2) is 0 Å². The highest BCUT2D eigenvalue weighted by atomic mass is 14.6. The predicted octanol–water partition coefficient (Wildman–Crippen LogP) is 2.80. The van der Waals surface area contributed by atoms with Gasteiger partial charge in [0.2, 0.25) is 0 Å². The van der Waals surface area contributed by atoms with Crippen LogP contribution in [0.5, 0.6) is 0 Å². The summed E-state index contributed by atoms with van der Waals surface area (Å²) in [5.74, 6) is 0. The van der Waals surface area contributed by atoms with Crippen molar-refractivity contribution in [3.8, 4) is 0 Å². The van der Waals surface area contributed by atoms with Crippen LogP contribution in [0.25, 0.3) is 0 Å². The third-order valence-corrected chi connectivity index (χ3v) is 1.18. The number of hydrogen-bond acceptors (Lipinski definition) is 1. The molecule has 0 unspecified atom stereocenters. The molecule has 0 rings (SSSR count). The van der Waals surface area contributed by atoms with Crippen molar-refractivity contribution in [3.05, 3.63) is 0 Å². The predicted molar refractivity (Wildman–Crippen MR) is 46.6 cm³/mol. The molecule has 0 aromatic carbocycles. The van der Waals surface area contributed by atoms with Crippen molar-refractivity contribution < 1.29 is 1.43 Å². The van der Waals surface area contributed by atoms with Crippen LogP contribution < -0.4 is 5.73 Å². The van der Waals surface area contributed by atoms with Gasteiger partial charge in [-0.3, -0.25) is 0 Å². The van der Waals surface area contributed by atoms with Crippen molar-refractivity contribution in [2.24, 2.45) is 5.73 Å². The highest BCUT2D eigenvalue weighted by molar-refractivity contribution is 4.54. The van der Waals surface area contributed by atoms with Crippen LogP contribution in [0.2, 0.25) is 0 Å². The lowest BCUT2D eigenvalue weighted by molar-refractivity contribution is 0.587. The summed E-state index contributed by atoms with van der Waals surface area (Å²) in [7, 11) is 0. The van der Waals surface area contributed by atoms with Gasteiger partial charge in [-0.1, -0.05) is 34.1 Å². The maximum Gasteiger partial charge on any atom is 0.00361 e. The molecule has 0 aliphatic rings. The Morgan fingerprint density at radius 1 is 1.33 bits per heavy atom. The first-order valence-corrected chi connectivity index (χ1v) is 4.06. The fraction of sp³-hybridized carbons (Fsp3) is 1.00. The minimum absolute atomic E-state index is 0. The summed E-state index contributed by atoms with van der Waals surface area (Å²) in [5, 5.41) is 0. The average molecular weight is 133 g/mol. The molecular weight excluding hydrogens is 110 g/mol. The van der Waals surface area contributed by atoms with Gasteiger partial charge in [0, 0.05) is 7.47 Å². The molecule has 0 heterocycles. The van der Waals surface area contributed by atoms with Gasteiger partial charge in [-0.2, -0.15) is 0 Å². The Hall–Kier alpha value is -0.0400. The van der Waals surface area contributed by atoms with Gasteiger partial charge >= 0.3 is 0 Å². The van der Waals surface area contributed by atoms with Crippen molar-refractivity contribution in [1.29, 1.82) is 0 Å². The molecule has 0 saturated carbocycles. The molecule has 0 amide bonds. The van der Waals surface area contributed by atoms with Gasteiger partial charge in [0.05, 0.1) is 0 Å². The molecule has 1 atom stereocenters. The monoisotopic (exact) mass is 133 g/mol. The number of nitrogens with two attached hydrogens (primary N) is 1. The van der Waals surface area contributed by atoms with E-state index in [0.717, 1.165) is 6.42 Å². The summed E-state index contributed by atoms with van der Waals surface area (Å²) < 4.78 is 0. The van der Waals surface area contributed by atoms with Crippen molar-refractivity contribution in [3.63, 3.8) is 0 Å². The number of rotatable bonds is 3. The van der Waals surface area contributed by atoms with E-state index in [1.807, 2.05) is 13.8 Å². The summed E-state index contributed by atoms with van der Waals surface area (Å²) in [6, 6.07) is 0.449. The smallest absolute Gasteiger partial charge is 0.00361 e. The summed E-state index contributed by atoms with van der Waals surface area (Å²) in [6.45, 7) is 8.29. The third-order valence-electron chi connectivity index (χ3n) is 1.18. The quantitative estimate of drug-likeness (QED) is 0.629. The Kier molecular flexibility index (Phi) is 14.1. The van der Waals surface area contributed by atoms with Crippen LogP contribution in [0.1, 0.15) is 48.4 Å². The van der Waals surface area contributed by atoms with Crippen LogP contribution in [0.4, 0.5) is 0 Å². The van der Waals surface area contributed by atoms with E-state index in [0.29, 0.717) is 6.04 Å². The highest BCUT2D eigenvalue weighted by Crippen LogP contribution is 1.95. The van der Waals surface area contributed by atoms with E-state index >= 15 is 0 Å². The Morgan fingerprint density at radius 3 is 1.89 bits per heavy atom. The zero-order valence-corrected chi connectivity index (χ0v) is 7.28. The van der Waals surface area contributed by atoms with E-state index in [9.17, 15) is 0 Å². The molecule has 0 radical (unpaired) electrons. The Morgan fingerprint density at radius 2 is 1.78 bits per heavy atom. The van der Waals surface area contributed by atoms with Crippen molar-refractivity contribution in [1.82, 2.24) is 0 Å². The molecule has 0 saturated heterocycles. The van der Waals surface area contributed by atoms with E-state index in [-0.39, 0.29) is 1.43 Å². The summed E-state index contributed by atoms with van der Waals surface area (Å²) in [6.07, 6.45) is 3.51. The van der Waals surface area contributed by atoms with Crippen molar-refractivity contribution in [2.75, 3.05) is 0 Å². The Balaban J connectivity index is -0.000000149. The highest BCUT2D eigenvalue weighted by Gasteiger charge is 1.92. The SMILES string of the molecule is CC.CCC[C@H](N)CC.[HH]. The molecule has 1 heteroatoms. The fourth-order valence-electron chi connectivity index (χ4n) is 0.575. The molecule has 9 heavy (non-hydrogen) atoms. The summed E-state index contributed by atoms with van der Waals surface area (Å²) in [4.78, 5) is 0. The van der Waals surface area contributed by atoms with Gasteiger partial charge < -0.3 is 5.73 Å². The molecule has 60 valence electrons. The standard InChI is InChI=1S/C6H15N.C2H6.H2/c1-3-5-6(7)4-2;1-2;/h6H,3-5,7H2,1-2H3;1-2H3;1H/t6-;;/m1../s1. The number of hydrogen-bond donors (Lipinski definition) is 1. The zero-order valence-electron chi connectivity index (χ0n) is 7.28. The van der Waals surface area contributed by atoms with E-state index < -0.39 is 0 Å². The van der Waals surface area contributed by atoms with Crippen LogP contribution >= 0.6 is 0 Å². The van der Waals surface area contributed by atoms with Crippen molar-refractivity contribution >= 4 is 0 Å². The van der Waals surface area contributed by atoms with E-state index in [4.69, 9.17) is 5.73 Å². The fourth-order valence-corrected chi connectivity index (χ4v) is 0.575. The van der Waals surface area contributed by atoms with E-state index in [1.165, 1.54) is 12.8 Å².